The Kier molecular flexibility index (Phi) is 5.54. The van der Waals surface area contributed by atoms with Crippen LogP contribution < -0.4 is 5.69 Å². The Morgan fingerprint density at radius 1 is 1.00 bits per heavy atom. The smallest absolute Gasteiger partial charge is 0.330 e. The van der Waals surface area contributed by atoms with E-state index in [2.05, 4.69) is 18.0 Å². The highest BCUT2D eigenvalue weighted by Gasteiger charge is 2.27. The number of aromatic amines is 1. The molecule has 5 aromatic rings. The molecule has 6 nitrogen and oxygen atoms in total. The van der Waals surface area contributed by atoms with E-state index in [1.807, 2.05) is 49.5 Å². The van der Waals surface area contributed by atoms with Crippen molar-refractivity contribution < 1.29 is 9.90 Å². The number of hydrogen-bond donors (Lipinski definition) is 2. The molecule has 2 aromatic heterocycles. The van der Waals surface area contributed by atoms with Crippen molar-refractivity contribution >= 4 is 39.5 Å². The van der Waals surface area contributed by atoms with Gasteiger partial charge in [-0.3, -0.25) is 13.9 Å². The first-order chi connectivity index (χ1) is 16.4. The van der Waals surface area contributed by atoms with E-state index in [0.29, 0.717) is 16.1 Å². The molecule has 5 rings (SSSR count). The van der Waals surface area contributed by atoms with Crippen LogP contribution in [0.3, 0.4) is 0 Å². The van der Waals surface area contributed by atoms with Crippen molar-refractivity contribution in [2.75, 3.05) is 0 Å². The Morgan fingerprint density at radius 3 is 2.35 bits per heavy atom. The summed E-state index contributed by atoms with van der Waals surface area (Å²) < 4.78 is 3.36. The van der Waals surface area contributed by atoms with Gasteiger partial charge in [-0.05, 0) is 55.3 Å². The number of hydrogen-bond acceptors (Lipinski definition) is 2. The second-order valence-corrected chi connectivity index (χ2v) is 9.03. The normalized spacial score (nSPS) is 13.4. The fraction of sp³-hybridized carbons (Fsp3) is 0.185. The maximum atomic E-state index is 14.0. The second kappa shape index (κ2) is 8.54. The third-order valence-electron chi connectivity index (χ3n) is 6.53. The maximum absolute atomic E-state index is 14.0. The lowest BCUT2D eigenvalue weighted by molar-refractivity contribution is -0.137. The molecule has 34 heavy (non-hydrogen) atoms. The summed E-state index contributed by atoms with van der Waals surface area (Å²) >= 11 is 6.07. The zero-order valence-corrected chi connectivity index (χ0v) is 19.6. The van der Waals surface area contributed by atoms with Crippen LogP contribution in [0.4, 0.5) is 0 Å². The van der Waals surface area contributed by atoms with Crippen LogP contribution in [0.5, 0.6) is 0 Å². The monoisotopic (exact) mass is 473 g/mol. The van der Waals surface area contributed by atoms with Gasteiger partial charge in [0.2, 0.25) is 0 Å². The van der Waals surface area contributed by atoms with Gasteiger partial charge in [0.05, 0.1) is 29.5 Å². The number of aliphatic carboxylic acids is 1. The third kappa shape index (κ3) is 3.60. The highest BCUT2D eigenvalue weighted by molar-refractivity contribution is 6.30. The Bertz CT molecular complexity index is 1580. The number of H-pyrrole nitrogens is 1. The molecule has 0 fully saturated rings. The SMILES string of the molecule is Cc1cccc2[nH]cc(C(C)n3c(=O)n(C(CC(=O)O)c4ccc(Cl)cc4)c4ccccc43)c12. The van der Waals surface area contributed by atoms with Gasteiger partial charge in [-0.25, -0.2) is 4.79 Å². The molecule has 172 valence electrons. The molecule has 7 heteroatoms. The van der Waals surface area contributed by atoms with Gasteiger partial charge in [0.1, 0.15) is 0 Å². The zero-order chi connectivity index (χ0) is 24.0. The predicted molar refractivity (Wildman–Crippen MR) is 135 cm³/mol. The van der Waals surface area contributed by atoms with Crippen molar-refractivity contribution in [3.8, 4) is 0 Å². The van der Waals surface area contributed by atoms with Gasteiger partial charge in [-0.1, -0.05) is 48.0 Å². The van der Waals surface area contributed by atoms with Gasteiger partial charge in [0.25, 0.3) is 0 Å². The minimum Gasteiger partial charge on any atom is -0.481 e. The Balaban J connectivity index is 1.75. The van der Waals surface area contributed by atoms with E-state index in [4.69, 9.17) is 11.6 Å². The number of aryl methyl sites for hydroxylation is 1. The molecule has 2 N–H and O–H groups in total. The van der Waals surface area contributed by atoms with Crippen LogP contribution in [0.15, 0.2) is 77.7 Å². The number of halogens is 1. The Hall–Kier alpha value is -3.77. The summed E-state index contributed by atoms with van der Waals surface area (Å²) in [4.78, 5) is 29.2. The van der Waals surface area contributed by atoms with E-state index in [0.717, 1.165) is 27.5 Å². The maximum Gasteiger partial charge on any atom is 0.330 e. The van der Waals surface area contributed by atoms with E-state index in [1.54, 1.807) is 33.4 Å². The molecular weight excluding hydrogens is 450 g/mol. The third-order valence-corrected chi connectivity index (χ3v) is 6.78. The molecule has 0 saturated heterocycles. The van der Waals surface area contributed by atoms with Crippen molar-refractivity contribution in [2.24, 2.45) is 0 Å². The number of aromatic nitrogens is 3. The number of fused-ring (bicyclic) bond motifs is 2. The van der Waals surface area contributed by atoms with E-state index in [1.165, 1.54) is 0 Å². The van der Waals surface area contributed by atoms with Crippen LogP contribution in [0.25, 0.3) is 21.9 Å². The van der Waals surface area contributed by atoms with Gasteiger partial charge < -0.3 is 10.1 Å². The van der Waals surface area contributed by atoms with E-state index < -0.39 is 12.0 Å². The molecule has 2 unspecified atom stereocenters. The average molecular weight is 474 g/mol. The number of nitrogens with zero attached hydrogens (tertiary/aromatic N) is 2. The number of imidazole rings is 1. The van der Waals surface area contributed by atoms with E-state index in [9.17, 15) is 14.7 Å². The Morgan fingerprint density at radius 2 is 1.68 bits per heavy atom. The summed E-state index contributed by atoms with van der Waals surface area (Å²) in [5.74, 6) is -0.982. The summed E-state index contributed by atoms with van der Waals surface area (Å²) in [6.07, 6.45) is 1.73. The molecule has 0 amide bonds. The quantitative estimate of drug-likeness (QED) is 0.321. The van der Waals surface area contributed by atoms with E-state index >= 15 is 0 Å². The molecule has 0 bridgehead atoms. The molecule has 0 aliphatic carbocycles. The minimum atomic E-state index is -0.982. The molecule has 2 heterocycles. The number of carboxylic acid groups (broad SMARTS) is 1. The molecular formula is C27H24ClN3O3. The number of rotatable bonds is 6. The summed E-state index contributed by atoms with van der Waals surface area (Å²) in [5.41, 5.74) is 5.07. The van der Waals surface area contributed by atoms with Crippen molar-refractivity contribution in [2.45, 2.75) is 32.4 Å². The fourth-order valence-electron chi connectivity index (χ4n) is 4.95. The summed E-state index contributed by atoms with van der Waals surface area (Å²) in [6, 6.07) is 19.7. The highest BCUT2D eigenvalue weighted by atomic mass is 35.5. The molecule has 0 radical (unpaired) electrons. The lowest BCUT2D eigenvalue weighted by Gasteiger charge is -2.18. The van der Waals surface area contributed by atoms with Crippen LogP contribution in [-0.2, 0) is 4.79 Å². The zero-order valence-electron chi connectivity index (χ0n) is 18.8. The first-order valence-electron chi connectivity index (χ1n) is 11.1. The molecule has 3 aromatic carbocycles. The average Bonchev–Trinajstić information content (AvgIpc) is 3.37. The van der Waals surface area contributed by atoms with Crippen LogP contribution in [0, 0.1) is 6.92 Å². The first kappa shape index (κ1) is 22.0. The van der Waals surface area contributed by atoms with Gasteiger partial charge in [0, 0.05) is 27.7 Å². The van der Waals surface area contributed by atoms with E-state index in [-0.39, 0.29) is 18.2 Å². The fourth-order valence-corrected chi connectivity index (χ4v) is 5.07. The van der Waals surface area contributed by atoms with Gasteiger partial charge in [-0.15, -0.1) is 0 Å². The lowest BCUT2D eigenvalue weighted by atomic mass is 10.0. The standard InChI is InChI=1S/C27H24ClN3O3/c1-16-6-5-7-21-26(16)20(15-29-21)17(2)30-22-8-3-4-9-23(22)31(27(30)34)24(14-25(32)33)18-10-12-19(28)13-11-18/h3-13,15,17,24,29H,14H2,1-2H3,(H,32,33). The van der Waals surface area contributed by atoms with Crippen LogP contribution in [0.1, 0.15) is 42.1 Å². The largest absolute Gasteiger partial charge is 0.481 e. The Labute approximate surface area is 201 Å². The summed E-state index contributed by atoms with van der Waals surface area (Å²) in [5, 5.41) is 11.3. The minimum absolute atomic E-state index is 0.226. The van der Waals surface area contributed by atoms with Crippen molar-refractivity contribution in [3.63, 3.8) is 0 Å². The highest BCUT2D eigenvalue weighted by Crippen LogP contribution is 2.32. The second-order valence-electron chi connectivity index (χ2n) is 8.59. The number of benzene rings is 3. The predicted octanol–water partition coefficient (Wildman–Crippen LogP) is 5.92. The molecule has 0 aliphatic rings. The molecule has 0 aliphatic heterocycles. The summed E-state index contributed by atoms with van der Waals surface area (Å²) in [7, 11) is 0. The van der Waals surface area contributed by atoms with Crippen LogP contribution in [-0.4, -0.2) is 25.2 Å². The van der Waals surface area contributed by atoms with Crippen molar-refractivity contribution in [1.29, 1.82) is 0 Å². The van der Waals surface area contributed by atoms with Gasteiger partial charge in [0.15, 0.2) is 0 Å². The van der Waals surface area contributed by atoms with Gasteiger partial charge in [-0.2, -0.15) is 0 Å². The molecule has 0 spiro atoms. The lowest BCUT2D eigenvalue weighted by Crippen LogP contribution is -2.31. The molecule has 2 atom stereocenters. The molecule has 0 saturated carbocycles. The van der Waals surface area contributed by atoms with Crippen molar-refractivity contribution in [3.05, 3.63) is 105 Å². The van der Waals surface area contributed by atoms with Crippen molar-refractivity contribution in [1.82, 2.24) is 14.1 Å². The summed E-state index contributed by atoms with van der Waals surface area (Å²) in [6.45, 7) is 4.06. The number of para-hydroxylation sites is 2. The van der Waals surface area contributed by atoms with Crippen LogP contribution >= 0.6 is 11.6 Å². The van der Waals surface area contributed by atoms with Gasteiger partial charge >= 0.3 is 11.7 Å². The van der Waals surface area contributed by atoms with Crippen LogP contribution in [0.2, 0.25) is 5.02 Å². The number of carboxylic acids is 1. The number of carbonyl (C=O) groups is 1. The first-order valence-corrected chi connectivity index (χ1v) is 11.5. The number of nitrogens with one attached hydrogen (secondary N) is 1. The topological polar surface area (TPSA) is 80.0 Å².